The predicted molar refractivity (Wildman–Crippen MR) is 83.7 cm³/mol. The first-order chi connectivity index (χ1) is 9.79. The molecule has 0 saturated heterocycles. The number of amides is 1. The van der Waals surface area contributed by atoms with Gasteiger partial charge in [0.05, 0.1) is 12.7 Å². The van der Waals surface area contributed by atoms with Gasteiger partial charge in [0.1, 0.15) is 0 Å². The molecule has 0 aliphatic heterocycles. The predicted octanol–water partition coefficient (Wildman–Crippen LogP) is 1.09. The van der Waals surface area contributed by atoms with E-state index in [0.717, 1.165) is 18.5 Å². The van der Waals surface area contributed by atoms with E-state index in [2.05, 4.69) is 20.9 Å². The molecule has 0 fully saturated rings. The van der Waals surface area contributed by atoms with Crippen molar-refractivity contribution in [2.45, 2.75) is 13.0 Å². The highest BCUT2D eigenvalue weighted by molar-refractivity contribution is 5.91. The lowest BCUT2D eigenvalue weighted by atomic mass is 10.2. The molecule has 2 N–H and O–H groups in total. The second kappa shape index (κ2) is 9.10. The van der Waals surface area contributed by atoms with Crippen LogP contribution in [0.4, 0.5) is 0 Å². The Morgan fingerprint density at radius 2 is 2.00 bits per heavy atom. The number of nitrogens with one attached hydrogen (secondary N) is 2. The van der Waals surface area contributed by atoms with Gasteiger partial charge < -0.3 is 10.6 Å². The van der Waals surface area contributed by atoms with Gasteiger partial charge in [0.2, 0.25) is 0 Å². The van der Waals surface area contributed by atoms with Gasteiger partial charge in [-0.05, 0) is 25.6 Å². The fraction of sp³-hybridized carbons (Fsp3) is 0.357. The average Bonchev–Trinajstić information content (AvgIpc) is 2.93. The van der Waals surface area contributed by atoms with Crippen molar-refractivity contribution in [3.05, 3.63) is 47.8 Å². The Kier molecular flexibility index (Phi) is 7.42. The molecule has 7 heteroatoms. The quantitative estimate of drug-likeness (QED) is 0.751. The van der Waals surface area contributed by atoms with Crippen LogP contribution in [-0.4, -0.2) is 41.0 Å². The van der Waals surface area contributed by atoms with E-state index >= 15 is 0 Å². The molecule has 0 saturated carbocycles. The van der Waals surface area contributed by atoms with Crippen LogP contribution < -0.4 is 10.6 Å². The van der Waals surface area contributed by atoms with Crippen molar-refractivity contribution in [2.24, 2.45) is 0 Å². The molecule has 21 heavy (non-hydrogen) atoms. The summed E-state index contributed by atoms with van der Waals surface area (Å²) in [5.41, 5.74) is 1.48. The summed E-state index contributed by atoms with van der Waals surface area (Å²) < 4.78 is 1.66. The van der Waals surface area contributed by atoms with Crippen molar-refractivity contribution in [3.8, 4) is 0 Å². The number of aromatic nitrogens is 3. The number of carbonyl (C=O) groups is 1. The number of halogens is 1. The zero-order valence-corrected chi connectivity index (χ0v) is 12.8. The van der Waals surface area contributed by atoms with Crippen molar-refractivity contribution in [3.63, 3.8) is 0 Å². The summed E-state index contributed by atoms with van der Waals surface area (Å²) in [6, 6.07) is 9.94. The molecule has 6 nitrogen and oxygen atoms in total. The molecule has 0 aliphatic rings. The number of benzene rings is 1. The van der Waals surface area contributed by atoms with Gasteiger partial charge >= 0.3 is 0 Å². The van der Waals surface area contributed by atoms with E-state index in [1.807, 2.05) is 37.4 Å². The molecule has 0 unspecified atom stereocenters. The molecule has 1 amide bonds. The third-order valence-electron chi connectivity index (χ3n) is 2.85. The van der Waals surface area contributed by atoms with Gasteiger partial charge in [-0.25, -0.2) is 4.68 Å². The van der Waals surface area contributed by atoms with Crippen LogP contribution in [0, 0.1) is 0 Å². The molecule has 1 heterocycles. The summed E-state index contributed by atoms with van der Waals surface area (Å²) in [5.74, 6) is -0.180. The lowest BCUT2D eigenvalue weighted by Crippen LogP contribution is -2.26. The van der Waals surface area contributed by atoms with Crippen molar-refractivity contribution in [2.75, 3.05) is 20.1 Å². The van der Waals surface area contributed by atoms with Gasteiger partial charge in [-0.2, -0.15) is 0 Å². The van der Waals surface area contributed by atoms with E-state index in [-0.39, 0.29) is 18.3 Å². The minimum atomic E-state index is -0.180. The largest absolute Gasteiger partial charge is 0.351 e. The minimum Gasteiger partial charge on any atom is -0.351 e. The molecule has 0 spiro atoms. The molecule has 0 radical (unpaired) electrons. The highest BCUT2D eigenvalue weighted by atomic mass is 35.5. The van der Waals surface area contributed by atoms with E-state index in [1.54, 1.807) is 10.9 Å². The molecule has 1 aromatic heterocycles. The van der Waals surface area contributed by atoms with Gasteiger partial charge in [-0.1, -0.05) is 35.5 Å². The third kappa shape index (κ3) is 5.53. The standard InChI is InChI=1S/C14H19N5O.ClH/c1-15-8-5-9-16-14(20)13-11-19(18-17-13)10-12-6-3-2-4-7-12;/h2-4,6-7,11,15H,5,8-10H2,1H3,(H,16,20);1H. The van der Waals surface area contributed by atoms with Crippen LogP contribution in [-0.2, 0) is 6.54 Å². The van der Waals surface area contributed by atoms with Crippen LogP contribution in [0.3, 0.4) is 0 Å². The highest BCUT2D eigenvalue weighted by Gasteiger charge is 2.09. The fourth-order valence-electron chi connectivity index (χ4n) is 1.81. The van der Waals surface area contributed by atoms with Gasteiger partial charge in [0.15, 0.2) is 5.69 Å². The van der Waals surface area contributed by atoms with Gasteiger partial charge in [0, 0.05) is 6.54 Å². The topological polar surface area (TPSA) is 71.8 Å². The van der Waals surface area contributed by atoms with Gasteiger partial charge in [-0.3, -0.25) is 4.79 Å². The first-order valence-corrected chi connectivity index (χ1v) is 6.66. The van der Waals surface area contributed by atoms with Crippen LogP contribution in [0.5, 0.6) is 0 Å². The number of hydrogen-bond donors (Lipinski definition) is 2. The molecule has 2 aromatic rings. The van der Waals surface area contributed by atoms with E-state index < -0.39 is 0 Å². The maximum Gasteiger partial charge on any atom is 0.273 e. The van der Waals surface area contributed by atoms with E-state index in [9.17, 15) is 4.79 Å². The molecular weight excluding hydrogens is 290 g/mol. The van der Waals surface area contributed by atoms with E-state index in [4.69, 9.17) is 0 Å². The minimum absolute atomic E-state index is 0. The molecule has 0 bridgehead atoms. The molecule has 0 atom stereocenters. The third-order valence-corrected chi connectivity index (χ3v) is 2.85. The Balaban J connectivity index is 0.00000220. The maximum atomic E-state index is 11.8. The zero-order chi connectivity index (χ0) is 14.2. The Hall–Kier alpha value is -1.92. The average molecular weight is 310 g/mol. The summed E-state index contributed by atoms with van der Waals surface area (Å²) in [5, 5.41) is 13.7. The van der Waals surface area contributed by atoms with Crippen LogP contribution >= 0.6 is 12.4 Å². The zero-order valence-electron chi connectivity index (χ0n) is 12.0. The molecule has 1 aromatic carbocycles. The van der Waals surface area contributed by atoms with E-state index in [0.29, 0.717) is 18.8 Å². The molecule has 0 aliphatic carbocycles. The molecule has 114 valence electrons. The fourth-order valence-corrected chi connectivity index (χ4v) is 1.81. The van der Waals surface area contributed by atoms with Crippen molar-refractivity contribution >= 4 is 18.3 Å². The smallest absolute Gasteiger partial charge is 0.273 e. The number of rotatable bonds is 7. The lowest BCUT2D eigenvalue weighted by molar-refractivity contribution is 0.0948. The Bertz CT molecular complexity index is 543. The SMILES string of the molecule is CNCCCNC(=O)c1cn(Cc2ccccc2)nn1.Cl. The normalized spacial score (nSPS) is 9.95. The van der Waals surface area contributed by atoms with Crippen LogP contribution in [0.15, 0.2) is 36.5 Å². The summed E-state index contributed by atoms with van der Waals surface area (Å²) in [7, 11) is 1.89. The van der Waals surface area contributed by atoms with Crippen molar-refractivity contribution in [1.29, 1.82) is 0 Å². The first kappa shape index (κ1) is 17.1. The van der Waals surface area contributed by atoms with Crippen LogP contribution in [0.1, 0.15) is 22.5 Å². The number of carbonyl (C=O) groups excluding carboxylic acids is 1. The summed E-state index contributed by atoms with van der Waals surface area (Å²) >= 11 is 0. The summed E-state index contributed by atoms with van der Waals surface area (Å²) in [4.78, 5) is 11.8. The second-order valence-corrected chi connectivity index (χ2v) is 4.50. The monoisotopic (exact) mass is 309 g/mol. The van der Waals surface area contributed by atoms with Crippen LogP contribution in [0.2, 0.25) is 0 Å². The van der Waals surface area contributed by atoms with Gasteiger partial charge in [0.25, 0.3) is 5.91 Å². The summed E-state index contributed by atoms with van der Waals surface area (Å²) in [6.07, 6.45) is 2.56. The molecule has 2 rings (SSSR count). The van der Waals surface area contributed by atoms with Crippen molar-refractivity contribution in [1.82, 2.24) is 25.6 Å². The lowest BCUT2D eigenvalue weighted by Gasteiger charge is -2.02. The second-order valence-electron chi connectivity index (χ2n) is 4.50. The Morgan fingerprint density at radius 3 is 2.71 bits per heavy atom. The highest BCUT2D eigenvalue weighted by Crippen LogP contribution is 2.02. The Labute approximate surface area is 130 Å². The summed E-state index contributed by atoms with van der Waals surface area (Å²) in [6.45, 7) is 2.12. The maximum absolute atomic E-state index is 11.8. The Morgan fingerprint density at radius 1 is 1.24 bits per heavy atom. The van der Waals surface area contributed by atoms with Crippen molar-refractivity contribution < 1.29 is 4.79 Å². The first-order valence-electron chi connectivity index (χ1n) is 6.66. The van der Waals surface area contributed by atoms with E-state index in [1.165, 1.54) is 0 Å². The molecular formula is C14H20ClN5O. The van der Waals surface area contributed by atoms with Crippen LogP contribution in [0.25, 0.3) is 0 Å². The number of hydrogen-bond acceptors (Lipinski definition) is 4. The van der Waals surface area contributed by atoms with Gasteiger partial charge in [-0.15, -0.1) is 17.5 Å². The number of nitrogens with zero attached hydrogens (tertiary/aromatic N) is 3.